The summed E-state index contributed by atoms with van der Waals surface area (Å²) in [6.07, 6.45) is 6.01. The van der Waals surface area contributed by atoms with Gasteiger partial charge in [-0.15, -0.1) is 0 Å². The maximum Gasteiger partial charge on any atom is 0.226 e. The van der Waals surface area contributed by atoms with Crippen LogP contribution >= 0.6 is 11.6 Å². The fourth-order valence-corrected chi connectivity index (χ4v) is 4.65. The van der Waals surface area contributed by atoms with Gasteiger partial charge in [-0.25, -0.2) is 4.39 Å². The molecule has 0 bridgehead atoms. The summed E-state index contributed by atoms with van der Waals surface area (Å²) in [7, 11) is 0. The first-order valence-corrected chi connectivity index (χ1v) is 11.3. The van der Waals surface area contributed by atoms with Crippen LogP contribution in [0.4, 0.5) is 4.39 Å². The standard InChI is InChI=1S/C24H26ClFN2O4/c25-17-11-19(13-27-12-17)32-15-20-14-28(9-10-31-20)24(30)22-4-2-1-3-21(22)23(29)16-5-7-18(26)8-6-16/h5-8,11-13,20-22H,1-4,9-10,14-15H2/t20?,21-,22-/m1/s1. The Kier molecular flexibility index (Phi) is 7.37. The number of benzene rings is 1. The topological polar surface area (TPSA) is 68.7 Å². The number of ketones is 1. The molecule has 0 spiro atoms. The summed E-state index contributed by atoms with van der Waals surface area (Å²) >= 11 is 5.94. The van der Waals surface area contributed by atoms with E-state index < -0.39 is 0 Å². The quantitative estimate of drug-likeness (QED) is 0.605. The number of amides is 1. The summed E-state index contributed by atoms with van der Waals surface area (Å²) in [4.78, 5) is 32.3. The molecule has 2 heterocycles. The second kappa shape index (κ2) is 10.4. The number of morpholine rings is 1. The van der Waals surface area contributed by atoms with Crippen molar-refractivity contribution in [3.05, 3.63) is 59.1 Å². The lowest BCUT2D eigenvalue weighted by molar-refractivity contribution is -0.146. The van der Waals surface area contributed by atoms with Crippen LogP contribution in [-0.4, -0.2) is 54.0 Å². The van der Waals surface area contributed by atoms with E-state index in [0.29, 0.717) is 48.9 Å². The fraction of sp³-hybridized carbons (Fsp3) is 0.458. The number of rotatable bonds is 6. The van der Waals surface area contributed by atoms with Crippen LogP contribution in [0.1, 0.15) is 36.0 Å². The second-order valence-corrected chi connectivity index (χ2v) is 8.73. The number of carbonyl (C=O) groups excluding carboxylic acids is 2. The van der Waals surface area contributed by atoms with Gasteiger partial charge in [0.2, 0.25) is 5.91 Å². The molecule has 1 aromatic carbocycles. The molecule has 1 aliphatic heterocycles. The molecule has 1 aliphatic carbocycles. The summed E-state index contributed by atoms with van der Waals surface area (Å²) in [6, 6.07) is 7.25. The molecule has 2 aliphatic rings. The SMILES string of the molecule is O=C(c1ccc(F)cc1)[C@@H]1CCCC[C@H]1C(=O)N1CCOC(COc2cncc(Cl)c2)C1. The minimum absolute atomic E-state index is 0.0112. The third-order valence-electron chi connectivity index (χ3n) is 6.11. The molecule has 8 heteroatoms. The van der Waals surface area contributed by atoms with Gasteiger partial charge >= 0.3 is 0 Å². The predicted octanol–water partition coefficient (Wildman–Crippen LogP) is 4.17. The number of nitrogens with zero attached hydrogens (tertiary/aromatic N) is 2. The zero-order chi connectivity index (χ0) is 22.5. The molecule has 4 rings (SSSR count). The van der Waals surface area contributed by atoms with Gasteiger partial charge in [0.25, 0.3) is 0 Å². The van der Waals surface area contributed by atoms with E-state index in [0.717, 1.165) is 12.8 Å². The highest BCUT2D eigenvalue weighted by Crippen LogP contribution is 2.34. The van der Waals surface area contributed by atoms with Crippen molar-refractivity contribution in [3.63, 3.8) is 0 Å². The first-order chi connectivity index (χ1) is 15.5. The third kappa shape index (κ3) is 5.45. The predicted molar refractivity (Wildman–Crippen MR) is 117 cm³/mol. The zero-order valence-corrected chi connectivity index (χ0v) is 18.5. The van der Waals surface area contributed by atoms with Gasteiger partial charge in [0.1, 0.15) is 24.3 Å². The van der Waals surface area contributed by atoms with E-state index in [4.69, 9.17) is 21.1 Å². The average Bonchev–Trinajstić information content (AvgIpc) is 2.82. The molecule has 2 fully saturated rings. The van der Waals surface area contributed by atoms with E-state index in [1.165, 1.54) is 30.5 Å². The van der Waals surface area contributed by atoms with Crippen molar-refractivity contribution < 1.29 is 23.5 Å². The van der Waals surface area contributed by atoms with Crippen molar-refractivity contribution in [3.8, 4) is 5.75 Å². The first-order valence-electron chi connectivity index (χ1n) is 10.9. The van der Waals surface area contributed by atoms with Crippen molar-refractivity contribution in [1.29, 1.82) is 0 Å². The molecule has 0 N–H and O–H groups in total. The molecule has 1 aromatic heterocycles. The Labute approximate surface area is 191 Å². The molecule has 32 heavy (non-hydrogen) atoms. The van der Waals surface area contributed by atoms with E-state index >= 15 is 0 Å². The van der Waals surface area contributed by atoms with Crippen LogP contribution in [0.25, 0.3) is 0 Å². The number of hydrogen-bond acceptors (Lipinski definition) is 5. The molecule has 2 aromatic rings. The van der Waals surface area contributed by atoms with Gasteiger partial charge in [-0.2, -0.15) is 0 Å². The lowest BCUT2D eigenvalue weighted by Gasteiger charge is -2.38. The Morgan fingerprint density at radius 3 is 2.66 bits per heavy atom. The molecule has 1 amide bonds. The zero-order valence-electron chi connectivity index (χ0n) is 17.7. The summed E-state index contributed by atoms with van der Waals surface area (Å²) in [5.41, 5.74) is 0.458. The first kappa shape index (κ1) is 22.7. The number of ether oxygens (including phenoxy) is 2. The monoisotopic (exact) mass is 460 g/mol. The molecule has 3 atom stereocenters. The molecule has 1 saturated carbocycles. The molecular formula is C24H26ClFN2O4. The van der Waals surface area contributed by atoms with E-state index in [1.807, 2.05) is 0 Å². The normalized spacial score (nSPS) is 23.6. The summed E-state index contributed by atoms with van der Waals surface area (Å²) in [5, 5.41) is 0.484. The van der Waals surface area contributed by atoms with Gasteiger partial charge in [0, 0.05) is 36.2 Å². The molecular weight excluding hydrogens is 435 g/mol. The van der Waals surface area contributed by atoms with Crippen LogP contribution < -0.4 is 4.74 Å². The third-order valence-corrected chi connectivity index (χ3v) is 6.32. The van der Waals surface area contributed by atoms with Crippen molar-refractivity contribution in [2.24, 2.45) is 11.8 Å². The number of Topliss-reactive ketones (excluding diaryl/α,β-unsaturated/α-hetero) is 1. The highest BCUT2D eigenvalue weighted by atomic mass is 35.5. The minimum Gasteiger partial charge on any atom is -0.489 e. The van der Waals surface area contributed by atoms with Gasteiger partial charge in [-0.1, -0.05) is 24.4 Å². The molecule has 1 unspecified atom stereocenters. The lowest BCUT2D eigenvalue weighted by atomic mass is 9.74. The van der Waals surface area contributed by atoms with Crippen LogP contribution in [0.2, 0.25) is 5.02 Å². The van der Waals surface area contributed by atoms with Crippen LogP contribution in [0.3, 0.4) is 0 Å². The van der Waals surface area contributed by atoms with Crippen molar-refractivity contribution >= 4 is 23.3 Å². The highest BCUT2D eigenvalue weighted by molar-refractivity contribution is 6.30. The van der Waals surface area contributed by atoms with Crippen LogP contribution in [0.15, 0.2) is 42.7 Å². The molecule has 1 saturated heterocycles. The maximum atomic E-state index is 13.4. The number of pyridine rings is 1. The van der Waals surface area contributed by atoms with E-state index in [-0.39, 0.29) is 42.1 Å². The summed E-state index contributed by atoms with van der Waals surface area (Å²) in [5.74, 6) is -0.669. The Balaban J connectivity index is 1.39. The Morgan fingerprint density at radius 1 is 1.16 bits per heavy atom. The van der Waals surface area contributed by atoms with Crippen molar-refractivity contribution in [1.82, 2.24) is 9.88 Å². The number of carbonyl (C=O) groups is 2. The van der Waals surface area contributed by atoms with Gasteiger partial charge in [0.05, 0.1) is 24.4 Å². The van der Waals surface area contributed by atoms with Crippen molar-refractivity contribution in [2.75, 3.05) is 26.3 Å². The Morgan fingerprint density at radius 2 is 1.91 bits per heavy atom. The van der Waals surface area contributed by atoms with Gasteiger partial charge in [0.15, 0.2) is 5.78 Å². The number of halogens is 2. The smallest absolute Gasteiger partial charge is 0.226 e. The largest absolute Gasteiger partial charge is 0.489 e. The van der Waals surface area contributed by atoms with Gasteiger partial charge in [-0.05, 0) is 37.1 Å². The second-order valence-electron chi connectivity index (χ2n) is 8.30. The lowest BCUT2D eigenvalue weighted by Crippen LogP contribution is -2.51. The highest BCUT2D eigenvalue weighted by Gasteiger charge is 2.39. The van der Waals surface area contributed by atoms with Crippen LogP contribution in [0, 0.1) is 17.7 Å². The Hall–Kier alpha value is -2.51. The summed E-state index contributed by atoms with van der Waals surface area (Å²) in [6.45, 7) is 1.58. The van der Waals surface area contributed by atoms with Crippen LogP contribution in [-0.2, 0) is 9.53 Å². The molecule has 0 radical (unpaired) electrons. The van der Waals surface area contributed by atoms with Crippen LogP contribution in [0.5, 0.6) is 5.75 Å². The van der Waals surface area contributed by atoms with E-state index in [2.05, 4.69) is 4.98 Å². The van der Waals surface area contributed by atoms with Gasteiger partial charge in [-0.3, -0.25) is 14.6 Å². The van der Waals surface area contributed by atoms with E-state index in [9.17, 15) is 14.0 Å². The fourth-order valence-electron chi connectivity index (χ4n) is 4.48. The average molecular weight is 461 g/mol. The summed E-state index contributed by atoms with van der Waals surface area (Å²) < 4.78 is 24.8. The van der Waals surface area contributed by atoms with Gasteiger partial charge < -0.3 is 14.4 Å². The maximum absolute atomic E-state index is 13.4. The van der Waals surface area contributed by atoms with Crippen molar-refractivity contribution in [2.45, 2.75) is 31.8 Å². The molecule has 170 valence electrons. The number of hydrogen-bond donors (Lipinski definition) is 0. The minimum atomic E-state index is -0.382. The Bertz CT molecular complexity index is 955. The van der Waals surface area contributed by atoms with E-state index in [1.54, 1.807) is 17.2 Å². The molecule has 6 nitrogen and oxygen atoms in total. The number of aromatic nitrogens is 1.